The minimum Gasteiger partial charge on any atom is -0.508 e. The lowest BCUT2D eigenvalue weighted by Gasteiger charge is -2.09. The minimum atomic E-state index is 0.0831. The number of benzene rings is 2. The van der Waals surface area contributed by atoms with Crippen LogP contribution >= 0.6 is 0 Å². The van der Waals surface area contributed by atoms with Crippen molar-refractivity contribution in [1.82, 2.24) is 0 Å². The highest BCUT2D eigenvalue weighted by molar-refractivity contribution is 5.43. The van der Waals surface area contributed by atoms with Crippen molar-refractivity contribution in [2.24, 2.45) is 0 Å². The maximum Gasteiger partial charge on any atom is 0.122 e. The third-order valence-electron chi connectivity index (χ3n) is 2.98. The fraction of sp³-hybridized carbons (Fsp3) is 0.222. The Hall–Kier alpha value is -2.44. The number of phenolic OH excluding ortho intramolecular Hbond substituents is 1. The van der Waals surface area contributed by atoms with Gasteiger partial charge in [-0.2, -0.15) is 0 Å². The molecule has 0 saturated carbocycles. The Balaban J connectivity index is 2.01. The molecular formula is C18H18O3. The number of rotatable bonds is 4. The predicted octanol–water partition coefficient (Wildman–Crippen LogP) is 3.01. The van der Waals surface area contributed by atoms with Gasteiger partial charge in [0.15, 0.2) is 0 Å². The molecule has 2 rings (SSSR count). The van der Waals surface area contributed by atoms with Crippen LogP contribution in [0.15, 0.2) is 42.5 Å². The molecule has 0 radical (unpaired) electrons. The van der Waals surface area contributed by atoms with E-state index in [1.807, 2.05) is 37.3 Å². The van der Waals surface area contributed by atoms with Crippen molar-refractivity contribution in [2.75, 3.05) is 6.61 Å². The van der Waals surface area contributed by atoms with E-state index in [4.69, 9.17) is 9.84 Å². The van der Waals surface area contributed by atoms with Crippen LogP contribution in [0, 0.1) is 18.8 Å². The van der Waals surface area contributed by atoms with Crippen molar-refractivity contribution in [2.45, 2.75) is 20.0 Å². The van der Waals surface area contributed by atoms with Gasteiger partial charge in [-0.3, -0.25) is 0 Å². The molecular weight excluding hydrogens is 264 g/mol. The van der Waals surface area contributed by atoms with Gasteiger partial charge in [-0.25, -0.2) is 0 Å². The molecule has 0 amide bonds. The zero-order valence-corrected chi connectivity index (χ0v) is 12.0. The Kier molecular flexibility index (Phi) is 5.25. The third kappa shape index (κ3) is 4.55. The summed E-state index contributed by atoms with van der Waals surface area (Å²) in [6, 6.07) is 12.7. The number of ether oxygens (including phenoxy) is 1. The molecule has 0 bridgehead atoms. The molecule has 0 fully saturated rings. The van der Waals surface area contributed by atoms with Crippen LogP contribution in [0.4, 0.5) is 0 Å². The summed E-state index contributed by atoms with van der Waals surface area (Å²) in [7, 11) is 0. The van der Waals surface area contributed by atoms with Crippen LogP contribution in [-0.2, 0) is 6.61 Å². The van der Waals surface area contributed by atoms with E-state index in [0.717, 1.165) is 22.4 Å². The number of phenols is 1. The highest BCUT2D eigenvalue weighted by Gasteiger charge is 2.01. The van der Waals surface area contributed by atoms with Crippen molar-refractivity contribution in [3.05, 3.63) is 59.2 Å². The Morgan fingerprint density at radius 2 is 1.86 bits per heavy atom. The maximum absolute atomic E-state index is 9.24. The van der Waals surface area contributed by atoms with Gasteiger partial charge < -0.3 is 14.9 Å². The van der Waals surface area contributed by atoms with Crippen molar-refractivity contribution in [3.63, 3.8) is 0 Å². The number of aromatic hydroxyl groups is 1. The first-order valence-corrected chi connectivity index (χ1v) is 6.80. The number of aryl methyl sites for hydroxylation is 1. The summed E-state index contributed by atoms with van der Waals surface area (Å²) in [5.74, 6) is 6.96. The molecule has 0 heterocycles. The van der Waals surface area contributed by atoms with Gasteiger partial charge in [0.1, 0.15) is 18.1 Å². The van der Waals surface area contributed by atoms with Crippen LogP contribution in [-0.4, -0.2) is 16.8 Å². The van der Waals surface area contributed by atoms with Gasteiger partial charge in [0, 0.05) is 12.0 Å². The first-order valence-electron chi connectivity index (χ1n) is 6.80. The van der Waals surface area contributed by atoms with E-state index in [1.165, 1.54) is 0 Å². The summed E-state index contributed by atoms with van der Waals surface area (Å²) in [5.41, 5.74) is 2.93. The average Bonchev–Trinajstić information content (AvgIpc) is 2.48. The number of hydrogen-bond donors (Lipinski definition) is 2. The first-order chi connectivity index (χ1) is 10.2. The molecule has 0 aliphatic rings. The first kappa shape index (κ1) is 15.0. The molecule has 0 spiro atoms. The molecule has 2 aromatic rings. The number of aliphatic hydroxyl groups is 1. The topological polar surface area (TPSA) is 49.7 Å². The molecule has 3 heteroatoms. The van der Waals surface area contributed by atoms with E-state index in [-0.39, 0.29) is 12.4 Å². The molecule has 0 unspecified atom stereocenters. The van der Waals surface area contributed by atoms with Crippen LogP contribution in [0.3, 0.4) is 0 Å². The van der Waals surface area contributed by atoms with Gasteiger partial charge in [-0.1, -0.05) is 24.0 Å². The molecule has 0 aromatic heterocycles. The zero-order valence-electron chi connectivity index (χ0n) is 12.0. The summed E-state index contributed by atoms with van der Waals surface area (Å²) >= 11 is 0. The SMILES string of the molecule is Cc1cc(C#CCCO)ccc1OCc1ccc(O)cc1. The van der Waals surface area contributed by atoms with Gasteiger partial charge in [-0.05, 0) is 48.4 Å². The summed E-state index contributed by atoms with van der Waals surface area (Å²) in [4.78, 5) is 0. The van der Waals surface area contributed by atoms with E-state index in [9.17, 15) is 5.11 Å². The van der Waals surface area contributed by atoms with Gasteiger partial charge in [-0.15, -0.1) is 0 Å². The van der Waals surface area contributed by atoms with Crippen LogP contribution in [0.5, 0.6) is 11.5 Å². The van der Waals surface area contributed by atoms with Crippen molar-refractivity contribution in [3.8, 4) is 23.3 Å². The van der Waals surface area contributed by atoms with Crippen molar-refractivity contribution >= 4 is 0 Å². The van der Waals surface area contributed by atoms with Crippen molar-refractivity contribution in [1.29, 1.82) is 0 Å². The predicted molar refractivity (Wildman–Crippen MR) is 82.2 cm³/mol. The second kappa shape index (κ2) is 7.37. The quantitative estimate of drug-likeness (QED) is 0.848. The minimum absolute atomic E-state index is 0.0831. The smallest absolute Gasteiger partial charge is 0.122 e. The highest BCUT2D eigenvalue weighted by atomic mass is 16.5. The van der Waals surface area contributed by atoms with E-state index in [1.54, 1.807) is 12.1 Å². The molecule has 0 aliphatic heterocycles. The van der Waals surface area contributed by atoms with E-state index < -0.39 is 0 Å². The summed E-state index contributed by atoms with van der Waals surface area (Å²) in [5, 5.41) is 17.9. The molecule has 3 nitrogen and oxygen atoms in total. The van der Waals surface area contributed by atoms with Crippen LogP contribution in [0.2, 0.25) is 0 Å². The summed E-state index contributed by atoms with van der Waals surface area (Å²) < 4.78 is 5.77. The fourth-order valence-corrected chi connectivity index (χ4v) is 1.86. The molecule has 2 aromatic carbocycles. The zero-order chi connectivity index (χ0) is 15.1. The largest absolute Gasteiger partial charge is 0.508 e. The van der Waals surface area contributed by atoms with Crippen molar-refractivity contribution < 1.29 is 14.9 Å². The van der Waals surface area contributed by atoms with Gasteiger partial charge in [0.05, 0.1) is 6.61 Å². The Morgan fingerprint density at radius 3 is 2.52 bits per heavy atom. The highest BCUT2D eigenvalue weighted by Crippen LogP contribution is 2.20. The molecule has 2 N–H and O–H groups in total. The van der Waals surface area contributed by atoms with Crippen LogP contribution in [0.1, 0.15) is 23.1 Å². The summed E-state index contributed by atoms with van der Waals surface area (Å²) in [6.45, 7) is 2.51. The third-order valence-corrected chi connectivity index (χ3v) is 2.98. The van der Waals surface area contributed by atoms with E-state index in [0.29, 0.717) is 13.0 Å². The molecule has 0 atom stereocenters. The fourth-order valence-electron chi connectivity index (χ4n) is 1.86. The Bertz CT molecular complexity index is 648. The van der Waals surface area contributed by atoms with Crippen LogP contribution in [0.25, 0.3) is 0 Å². The molecule has 108 valence electrons. The Labute approximate surface area is 124 Å². The average molecular weight is 282 g/mol. The lowest BCUT2D eigenvalue weighted by molar-refractivity contribution is 0.304. The Morgan fingerprint density at radius 1 is 1.10 bits per heavy atom. The standard InChI is InChI=1S/C18H18O3/c1-14-12-15(4-2-3-11-19)7-10-18(14)21-13-16-5-8-17(20)9-6-16/h5-10,12,19-20H,3,11,13H2,1H3. The van der Waals surface area contributed by atoms with Gasteiger partial charge in [0.25, 0.3) is 0 Å². The lowest BCUT2D eigenvalue weighted by atomic mass is 10.1. The van der Waals surface area contributed by atoms with Gasteiger partial charge in [0.2, 0.25) is 0 Å². The maximum atomic E-state index is 9.24. The summed E-state index contributed by atoms with van der Waals surface area (Å²) in [6.07, 6.45) is 0.484. The molecule has 0 saturated heterocycles. The number of aliphatic hydroxyl groups excluding tert-OH is 1. The normalized spacial score (nSPS) is 9.81. The van der Waals surface area contributed by atoms with E-state index >= 15 is 0 Å². The van der Waals surface area contributed by atoms with E-state index in [2.05, 4.69) is 11.8 Å². The van der Waals surface area contributed by atoms with Crippen LogP contribution < -0.4 is 4.74 Å². The number of hydrogen-bond acceptors (Lipinski definition) is 3. The second-order valence-corrected chi connectivity index (χ2v) is 4.71. The lowest BCUT2D eigenvalue weighted by Crippen LogP contribution is -1.97. The molecule has 0 aliphatic carbocycles. The molecule has 21 heavy (non-hydrogen) atoms. The second-order valence-electron chi connectivity index (χ2n) is 4.71. The van der Waals surface area contributed by atoms with Gasteiger partial charge >= 0.3 is 0 Å². The monoisotopic (exact) mass is 282 g/mol.